The van der Waals surface area contributed by atoms with E-state index in [2.05, 4.69) is 157 Å². The Morgan fingerprint density at radius 1 is 0.510 bits per heavy atom. The summed E-state index contributed by atoms with van der Waals surface area (Å²) in [6, 6.07) is 46.3. The second kappa shape index (κ2) is 16.5. The van der Waals surface area contributed by atoms with Gasteiger partial charge in [0.15, 0.2) is 38.5 Å². The van der Waals surface area contributed by atoms with E-state index < -0.39 is 31.3 Å². The van der Waals surface area contributed by atoms with Crippen molar-refractivity contribution in [2.24, 2.45) is 0 Å². The van der Waals surface area contributed by atoms with Crippen LogP contribution in [0.5, 0.6) is 0 Å². The first-order chi connectivity index (χ1) is 22.7. The number of halogens is 7. The molecule has 5 rings (SSSR count). The molecule has 0 bridgehead atoms. The first kappa shape index (κ1) is 40.0. The highest BCUT2D eigenvalue weighted by atomic mass is 127. The highest BCUT2D eigenvalue weighted by Crippen LogP contribution is 2.33. The zero-order chi connectivity index (χ0) is 36.6. The van der Waals surface area contributed by atoms with Crippen molar-refractivity contribution in [3.8, 4) is 22.3 Å². The van der Waals surface area contributed by atoms with Crippen LogP contribution in [0.3, 0.4) is 0 Å². The van der Waals surface area contributed by atoms with E-state index in [0.29, 0.717) is 0 Å². The van der Waals surface area contributed by atoms with Crippen molar-refractivity contribution in [1.29, 1.82) is 0 Å². The minimum absolute atomic E-state index is 0.112. The Bertz CT molecular complexity index is 1960. The number of alkyl halides is 6. The Kier molecular flexibility index (Phi) is 13.5. The van der Waals surface area contributed by atoms with Crippen molar-refractivity contribution >= 4 is 31.1 Å². The van der Waals surface area contributed by atoms with E-state index in [1.807, 2.05) is 0 Å². The van der Waals surface area contributed by atoms with E-state index in [9.17, 15) is 26.3 Å². The quantitative estimate of drug-likeness (QED) is 0.0811. The SMILES string of the molecule is Cc1ccc(-c2ccc(-c3ccc([S+](c4ccccc4)c4ccccc4)cc3)cc2)cc1[IH+].O=S(=O)([O-])C(F)(F)F.O=S(=O)([O-])C(F)(F)F. The number of hydrogen-bond acceptors (Lipinski definition) is 6. The van der Waals surface area contributed by atoms with Crippen LogP contribution < -0.4 is 22.6 Å². The average molecular weight is 855 g/mol. The molecule has 6 nitrogen and oxygen atoms in total. The highest BCUT2D eigenvalue weighted by molar-refractivity contribution is 7.97. The molecule has 0 fully saturated rings. The zero-order valence-electron chi connectivity index (χ0n) is 25.0. The maximum atomic E-state index is 10.7. The van der Waals surface area contributed by atoms with Gasteiger partial charge in [-0.15, -0.1) is 0 Å². The standard InChI is InChI=1S/C31H25IS.2CHF3O3S/c1-23-12-13-27(22-31(23)32)26-16-14-24(15-17-26)25-18-20-30(21-19-25)33(28-8-4-2-5-9-28)29-10-6-3-7-11-29;2*2-1(3,4)8(5,6)7/h2-22,32H,1H3;2*(H,5,6,7)/q+2;;/p-2. The summed E-state index contributed by atoms with van der Waals surface area (Å²) < 4.78 is 119. The van der Waals surface area contributed by atoms with Crippen molar-refractivity contribution in [2.75, 3.05) is 0 Å². The molecule has 0 N–H and O–H groups in total. The first-order valence-corrected chi connectivity index (χ1v) is 18.8. The maximum Gasteiger partial charge on any atom is 0.485 e. The summed E-state index contributed by atoms with van der Waals surface area (Å²) in [5.74, 6) is 0. The van der Waals surface area contributed by atoms with Crippen LogP contribution >= 0.6 is 0 Å². The molecule has 0 aliphatic heterocycles. The number of aryl methyl sites for hydroxylation is 1. The lowest BCUT2D eigenvalue weighted by Gasteiger charge is -2.09. The summed E-state index contributed by atoms with van der Waals surface area (Å²) in [6.45, 7) is 2.16. The smallest absolute Gasteiger partial charge is 0.485 e. The van der Waals surface area contributed by atoms with Gasteiger partial charge in [-0.05, 0) is 83.8 Å². The fourth-order valence-electron chi connectivity index (χ4n) is 3.94. The minimum Gasteiger partial charge on any atom is -0.741 e. The fraction of sp³-hybridized carbons (Fsp3) is 0.0909. The number of rotatable bonds is 5. The molecule has 0 unspecified atom stereocenters. The molecule has 0 spiro atoms. The monoisotopic (exact) mass is 854 g/mol. The van der Waals surface area contributed by atoms with Crippen LogP contribution in [0.15, 0.2) is 142 Å². The van der Waals surface area contributed by atoms with Gasteiger partial charge in [0, 0.05) is 5.56 Å². The minimum atomic E-state index is -6.09. The summed E-state index contributed by atoms with van der Waals surface area (Å²) in [7, 11) is -12.3. The van der Waals surface area contributed by atoms with Gasteiger partial charge in [-0.2, -0.15) is 26.3 Å². The van der Waals surface area contributed by atoms with Crippen LogP contribution in [0.25, 0.3) is 22.3 Å². The normalized spacial score (nSPS) is 12.0. The van der Waals surface area contributed by atoms with Crippen molar-refractivity contribution in [2.45, 2.75) is 32.6 Å². The predicted octanol–water partition coefficient (Wildman–Crippen LogP) is 4.98. The zero-order valence-corrected chi connectivity index (χ0v) is 29.8. The Hall–Kier alpha value is -3.42. The largest absolute Gasteiger partial charge is 0.741 e. The van der Waals surface area contributed by atoms with E-state index in [1.54, 1.807) is 0 Å². The van der Waals surface area contributed by atoms with Crippen molar-refractivity contribution in [1.82, 2.24) is 0 Å². The molecule has 49 heavy (non-hydrogen) atoms. The van der Waals surface area contributed by atoms with E-state index >= 15 is 0 Å². The number of benzene rings is 5. The molecule has 5 aromatic rings. The van der Waals surface area contributed by atoms with Crippen LogP contribution in [0.4, 0.5) is 26.3 Å². The van der Waals surface area contributed by atoms with Crippen LogP contribution in [0.2, 0.25) is 0 Å². The Morgan fingerprint density at radius 3 is 1.12 bits per heavy atom. The molecule has 260 valence electrons. The summed E-state index contributed by atoms with van der Waals surface area (Å²) in [5, 5.41) is 0. The van der Waals surface area contributed by atoms with Crippen LogP contribution in [-0.2, 0) is 31.1 Å². The summed E-state index contributed by atoms with van der Waals surface area (Å²) in [4.78, 5) is 4.02. The molecule has 16 heteroatoms. The van der Waals surface area contributed by atoms with Gasteiger partial charge in [-0.3, -0.25) is 0 Å². The fourth-order valence-corrected chi connectivity index (χ4v) is 6.58. The van der Waals surface area contributed by atoms with Gasteiger partial charge < -0.3 is 9.11 Å². The van der Waals surface area contributed by atoms with Gasteiger partial charge in [0.1, 0.15) is 0 Å². The Balaban J connectivity index is 0.000000338. The van der Waals surface area contributed by atoms with Crippen LogP contribution in [0.1, 0.15) is 5.56 Å². The van der Waals surface area contributed by atoms with E-state index in [4.69, 9.17) is 25.9 Å². The number of hydrogen-bond donors (Lipinski definition) is 0. The van der Waals surface area contributed by atoms with Gasteiger partial charge in [0.05, 0.1) is 10.9 Å². The topological polar surface area (TPSA) is 114 Å². The molecule has 0 amide bonds. The van der Waals surface area contributed by atoms with Crippen molar-refractivity contribution in [3.63, 3.8) is 0 Å². The molecule has 0 saturated carbocycles. The third kappa shape index (κ3) is 11.6. The van der Waals surface area contributed by atoms with Crippen LogP contribution in [0, 0.1) is 10.5 Å². The first-order valence-electron chi connectivity index (χ1n) is 13.6. The van der Waals surface area contributed by atoms with Gasteiger partial charge >= 0.3 is 11.0 Å². The lowest BCUT2D eigenvalue weighted by Crippen LogP contribution is -3.34. The molecule has 0 heterocycles. The van der Waals surface area contributed by atoms with Gasteiger partial charge in [0.25, 0.3) is 22.6 Å². The average Bonchev–Trinajstić information content (AvgIpc) is 3.03. The van der Waals surface area contributed by atoms with Gasteiger partial charge in [0.2, 0.25) is 0 Å². The van der Waals surface area contributed by atoms with Crippen LogP contribution in [-0.4, -0.2) is 37.0 Å². The molecule has 5 aromatic carbocycles. The summed E-state index contributed by atoms with van der Waals surface area (Å²) in [5.41, 5.74) is -4.93. The highest BCUT2D eigenvalue weighted by Gasteiger charge is 2.37. The lowest BCUT2D eigenvalue weighted by atomic mass is 10.00. The molecule has 0 aromatic heterocycles. The maximum absolute atomic E-state index is 10.7. The molecular formula is C33H25F6IO6S3. The third-order valence-electron chi connectivity index (χ3n) is 6.35. The van der Waals surface area contributed by atoms with Gasteiger partial charge in [-0.1, -0.05) is 72.8 Å². The Morgan fingerprint density at radius 2 is 0.796 bits per heavy atom. The van der Waals surface area contributed by atoms with E-state index in [-0.39, 0.29) is 10.9 Å². The molecule has 0 aliphatic rings. The summed E-state index contributed by atoms with van der Waals surface area (Å²) >= 11 is 2.10. The molecule has 0 atom stereocenters. The molecule has 0 saturated heterocycles. The molecule has 0 radical (unpaired) electrons. The third-order valence-corrected chi connectivity index (χ3v) is 11.0. The summed E-state index contributed by atoms with van der Waals surface area (Å²) in [6.07, 6.45) is 0. The van der Waals surface area contributed by atoms with E-state index in [0.717, 1.165) is 0 Å². The predicted molar refractivity (Wildman–Crippen MR) is 169 cm³/mol. The lowest BCUT2D eigenvalue weighted by molar-refractivity contribution is -0.329. The second-order valence-electron chi connectivity index (χ2n) is 9.81. The second-order valence-corrected chi connectivity index (χ2v) is 15.8. The van der Waals surface area contributed by atoms with E-state index in [1.165, 1.54) is 46.1 Å². The Labute approximate surface area is 295 Å². The molecule has 0 aliphatic carbocycles. The van der Waals surface area contributed by atoms with Crippen molar-refractivity contribution in [3.05, 3.63) is 137 Å². The van der Waals surface area contributed by atoms with Crippen molar-refractivity contribution < 1.29 is 74.9 Å². The molecular weight excluding hydrogens is 829 g/mol. The van der Waals surface area contributed by atoms with Gasteiger partial charge in [-0.25, -0.2) is 16.8 Å².